The molecule has 1 amide bonds. The van der Waals surface area contributed by atoms with Crippen molar-refractivity contribution in [1.29, 1.82) is 0 Å². The number of amides is 1. The lowest BCUT2D eigenvalue weighted by Crippen LogP contribution is -2.32. The van der Waals surface area contributed by atoms with E-state index in [-0.39, 0.29) is 16.2 Å². The number of fused-ring (bicyclic) bond motifs is 1. The zero-order valence-electron chi connectivity index (χ0n) is 15.6. The average molecular weight is 414 g/mol. The summed E-state index contributed by atoms with van der Waals surface area (Å²) >= 11 is 6.33. The van der Waals surface area contributed by atoms with Crippen molar-refractivity contribution in [3.63, 3.8) is 0 Å². The van der Waals surface area contributed by atoms with E-state index in [2.05, 4.69) is 20.7 Å². The number of para-hydroxylation sites is 2. The number of carbonyl (C=O) groups is 1. The first-order chi connectivity index (χ1) is 14.0. The normalized spacial score (nSPS) is 15.5. The highest BCUT2D eigenvalue weighted by Gasteiger charge is 2.36. The van der Waals surface area contributed by atoms with Gasteiger partial charge in [0.2, 0.25) is 5.95 Å². The fourth-order valence-electron chi connectivity index (χ4n) is 3.36. The van der Waals surface area contributed by atoms with Crippen LogP contribution in [0.25, 0.3) is 0 Å². The molecule has 1 atom stereocenters. The number of anilines is 2. The van der Waals surface area contributed by atoms with Gasteiger partial charge in [0.25, 0.3) is 5.91 Å². The van der Waals surface area contributed by atoms with E-state index in [1.54, 1.807) is 37.3 Å². The third-order valence-electron chi connectivity index (χ3n) is 4.67. The number of benzene rings is 2. The van der Waals surface area contributed by atoms with Gasteiger partial charge in [0.1, 0.15) is 23.9 Å². The van der Waals surface area contributed by atoms with Crippen LogP contribution >= 0.6 is 11.6 Å². The monoisotopic (exact) mass is 413 g/mol. The first kappa shape index (κ1) is 18.9. The molecule has 0 spiro atoms. The minimum atomic E-state index is -0.892. The highest BCUT2D eigenvalue weighted by Crippen LogP contribution is 2.39. The van der Waals surface area contributed by atoms with Crippen LogP contribution in [-0.2, 0) is 4.79 Å². The summed E-state index contributed by atoms with van der Waals surface area (Å²) in [4.78, 5) is 17.4. The molecule has 1 aromatic heterocycles. The van der Waals surface area contributed by atoms with E-state index in [1.165, 1.54) is 30.3 Å². The molecule has 0 aliphatic carbocycles. The number of halogens is 2. The van der Waals surface area contributed by atoms with Crippen molar-refractivity contribution in [2.24, 2.45) is 0 Å². The Morgan fingerprint density at radius 1 is 1.28 bits per heavy atom. The molecule has 29 heavy (non-hydrogen) atoms. The molecule has 0 saturated carbocycles. The maximum atomic E-state index is 14.8. The van der Waals surface area contributed by atoms with E-state index in [1.807, 2.05) is 0 Å². The van der Waals surface area contributed by atoms with Crippen LogP contribution in [0.2, 0.25) is 5.02 Å². The minimum Gasteiger partial charge on any atom is -0.495 e. The molecule has 0 fully saturated rings. The maximum Gasteiger partial charge on any atom is 0.255 e. The van der Waals surface area contributed by atoms with E-state index in [4.69, 9.17) is 16.3 Å². The molecule has 1 aliphatic heterocycles. The molecule has 0 unspecified atom stereocenters. The zero-order valence-corrected chi connectivity index (χ0v) is 16.4. The summed E-state index contributed by atoms with van der Waals surface area (Å²) in [6.45, 7) is 1.72. The number of hydrogen-bond donors (Lipinski definition) is 2. The van der Waals surface area contributed by atoms with Gasteiger partial charge in [0.05, 0.1) is 18.4 Å². The molecule has 0 bridgehead atoms. The van der Waals surface area contributed by atoms with Gasteiger partial charge >= 0.3 is 0 Å². The molecule has 0 radical (unpaired) electrons. The molecule has 2 N–H and O–H groups in total. The number of methoxy groups -OCH3 is 1. The highest BCUT2D eigenvalue weighted by atomic mass is 35.5. The summed E-state index contributed by atoms with van der Waals surface area (Å²) in [5, 5.41) is 10.2. The number of aromatic nitrogens is 3. The van der Waals surface area contributed by atoms with Gasteiger partial charge in [0.15, 0.2) is 0 Å². The van der Waals surface area contributed by atoms with E-state index >= 15 is 0 Å². The molecule has 4 rings (SSSR count). The van der Waals surface area contributed by atoms with Crippen LogP contribution in [0.15, 0.2) is 60.1 Å². The van der Waals surface area contributed by atoms with Crippen molar-refractivity contribution in [3.05, 3.63) is 76.5 Å². The Hall–Kier alpha value is -3.39. The highest BCUT2D eigenvalue weighted by molar-refractivity contribution is 6.31. The second-order valence-corrected chi connectivity index (χ2v) is 6.79. The Labute approximate surface area is 171 Å². The largest absolute Gasteiger partial charge is 0.495 e. The van der Waals surface area contributed by atoms with Crippen LogP contribution in [0.4, 0.5) is 16.0 Å². The van der Waals surface area contributed by atoms with Gasteiger partial charge in [-0.1, -0.05) is 29.8 Å². The molecular weight excluding hydrogens is 397 g/mol. The smallest absolute Gasteiger partial charge is 0.255 e. The standard InChI is InChI=1S/C20H17ClFN5O2/c1-11-16(19(28)26-14-8-3-4-9-15(14)29-2)18(27-20(25-11)23-10-24-27)17-12(21)6-5-7-13(17)22/h3-10,18H,1-2H3,(H,26,28)(H,23,24,25)/t18-/m1/s1. The molecule has 0 saturated heterocycles. The van der Waals surface area contributed by atoms with Gasteiger partial charge in [-0.25, -0.2) is 9.07 Å². The number of nitrogens with zero attached hydrogens (tertiary/aromatic N) is 3. The first-order valence-corrected chi connectivity index (χ1v) is 9.14. The van der Waals surface area contributed by atoms with Gasteiger partial charge in [0, 0.05) is 16.3 Å². The molecule has 2 aromatic carbocycles. The number of nitrogens with one attached hydrogen (secondary N) is 2. The Morgan fingerprint density at radius 2 is 2.07 bits per heavy atom. The second-order valence-electron chi connectivity index (χ2n) is 6.38. The second kappa shape index (κ2) is 7.56. The van der Waals surface area contributed by atoms with E-state index in [0.29, 0.717) is 23.1 Å². The molecule has 2 heterocycles. The third-order valence-corrected chi connectivity index (χ3v) is 5.00. The summed E-state index contributed by atoms with van der Waals surface area (Å²) in [5.41, 5.74) is 1.41. The fourth-order valence-corrected chi connectivity index (χ4v) is 3.63. The lowest BCUT2D eigenvalue weighted by Gasteiger charge is -2.29. The SMILES string of the molecule is COc1ccccc1NC(=O)C1=C(C)Nc2ncnn2[C@H]1c1c(F)cccc1Cl. The first-order valence-electron chi connectivity index (χ1n) is 8.76. The molecule has 148 valence electrons. The topological polar surface area (TPSA) is 81.1 Å². The Kier molecular flexibility index (Phi) is 4.94. The Balaban J connectivity index is 1.82. The van der Waals surface area contributed by atoms with Crippen molar-refractivity contribution in [1.82, 2.24) is 14.8 Å². The number of ether oxygens (including phenoxy) is 1. The summed E-state index contributed by atoms with van der Waals surface area (Å²) < 4.78 is 21.5. The maximum absolute atomic E-state index is 14.8. The van der Waals surface area contributed by atoms with Crippen molar-refractivity contribution >= 4 is 29.1 Å². The van der Waals surface area contributed by atoms with Crippen molar-refractivity contribution in [2.75, 3.05) is 17.7 Å². The van der Waals surface area contributed by atoms with Crippen LogP contribution in [-0.4, -0.2) is 27.8 Å². The number of rotatable bonds is 4. The minimum absolute atomic E-state index is 0.145. The number of allylic oxidation sites excluding steroid dienone is 1. The van der Waals surface area contributed by atoms with E-state index in [0.717, 1.165) is 0 Å². The van der Waals surface area contributed by atoms with Gasteiger partial charge in [-0.3, -0.25) is 4.79 Å². The van der Waals surface area contributed by atoms with Crippen molar-refractivity contribution < 1.29 is 13.9 Å². The van der Waals surface area contributed by atoms with E-state index < -0.39 is 17.8 Å². The van der Waals surface area contributed by atoms with Crippen LogP contribution in [0, 0.1) is 5.82 Å². The predicted molar refractivity (Wildman–Crippen MR) is 108 cm³/mol. The van der Waals surface area contributed by atoms with Gasteiger partial charge in [-0.05, 0) is 31.2 Å². The van der Waals surface area contributed by atoms with E-state index in [9.17, 15) is 9.18 Å². The van der Waals surface area contributed by atoms with Crippen LogP contribution in [0.1, 0.15) is 18.5 Å². The Morgan fingerprint density at radius 3 is 2.83 bits per heavy atom. The van der Waals surface area contributed by atoms with Crippen LogP contribution < -0.4 is 15.4 Å². The average Bonchev–Trinajstić information content (AvgIpc) is 3.16. The molecule has 3 aromatic rings. The van der Waals surface area contributed by atoms with Gasteiger partial charge in [-0.2, -0.15) is 10.1 Å². The zero-order chi connectivity index (χ0) is 20.5. The summed E-state index contributed by atoms with van der Waals surface area (Å²) in [7, 11) is 1.52. The van der Waals surface area contributed by atoms with Crippen molar-refractivity contribution in [2.45, 2.75) is 13.0 Å². The van der Waals surface area contributed by atoms with Gasteiger partial charge < -0.3 is 15.4 Å². The molecular formula is C20H17ClFN5O2. The molecule has 9 heteroatoms. The van der Waals surface area contributed by atoms with Crippen LogP contribution in [0.5, 0.6) is 5.75 Å². The lowest BCUT2D eigenvalue weighted by atomic mass is 9.94. The lowest BCUT2D eigenvalue weighted by molar-refractivity contribution is -0.113. The summed E-state index contributed by atoms with van der Waals surface area (Å²) in [6.07, 6.45) is 1.33. The predicted octanol–water partition coefficient (Wildman–Crippen LogP) is 4.01. The Bertz CT molecular complexity index is 1110. The fraction of sp³-hybridized carbons (Fsp3) is 0.150. The molecule has 7 nitrogen and oxygen atoms in total. The molecule has 1 aliphatic rings. The summed E-state index contributed by atoms with van der Waals surface area (Å²) in [6, 6.07) is 10.5. The number of carbonyl (C=O) groups excluding carboxylic acids is 1. The number of hydrogen-bond acceptors (Lipinski definition) is 5. The summed E-state index contributed by atoms with van der Waals surface area (Å²) in [5.74, 6) is -0.0864. The quantitative estimate of drug-likeness (QED) is 0.675. The third kappa shape index (κ3) is 3.31. The van der Waals surface area contributed by atoms with Crippen molar-refractivity contribution in [3.8, 4) is 5.75 Å². The van der Waals surface area contributed by atoms with Crippen LogP contribution in [0.3, 0.4) is 0 Å². The van der Waals surface area contributed by atoms with Gasteiger partial charge in [-0.15, -0.1) is 0 Å².